The molecule has 1 heterocycles. The minimum Gasteiger partial charge on any atom is -0.467 e. The Kier molecular flexibility index (Phi) is 30.4. The fraction of sp³-hybridized carbons (Fsp3) is 0.647. The van der Waals surface area contributed by atoms with Crippen LogP contribution in [0.3, 0.4) is 0 Å². The standard InChI is InChI=1S/C13H22N2O7.C9H18N2O5.C8H14N2O5.C4H6O3/c1-6-7-21-12(19)15(8-9(16)10(17)20-5)14-11(18)22-13(2,3)4;1-9(2,3)16-8(14)11-10-5-6(12)7(13)15-4;1-3-4-15-8(13)10(9)5-6(11)7(12)14-2;1-6-4(5)3-2-7-3/h6,9,16H,1,7-8H2,2-5H3,(H,14,18);6,10,12H,5H2,1-4H3,(H,11,14);3,6,11H,1,4-5,9H2,2H3;3H,2H2,1H3/t9-;2*6-;3-/m1111/s1. The smallest absolute Gasteiger partial charge is 0.429 e. The highest BCUT2D eigenvalue weighted by Gasteiger charge is 2.32. The molecule has 0 aromatic rings. The van der Waals surface area contributed by atoms with Crippen LogP contribution < -0.4 is 22.1 Å². The molecule has 0 radical (unpaired) electrons. The number of nitrogens with one attached hydrogen (secondary N) is 3. The zero-order valence-electron chi connectivity index (χ0n) is 35.4. The van der Waals surface area contributed by atoms with Gasteiger partial charge >= 0.3 is 48.3 Å². The number of aliphatic hydroxyl groups is 3. The fourth-order valence-electron chi connectivity index (χ4n) is 2.91. The largest absolute Gasteiger partial charge is 0.467 e. The minimum absolute atomic E-state index is 0.000846. The topological polar surface area (TPSA) is 352 Å². The van der Waals surface area contributed by atoms with Crippen LogP contribution in [0, 0.1) is 0 Å². The summed E-state index contributed by atoms with van der Waals surface area (Å²) in [5, 5.41) is 29.0. The number of hydrogen-bond acceptors (Lipinski definition) is 22. The van der Waals surface area contributed by atoms with Gasteiger partial charge in [0.1, 0.15) is 24.4 Å². The Balaban J connectivity index is -0.000000762. The Bertz CT molecular complexity index is 1380. The van der Waals surface area contributed by atoms with E-state index in [-0.39, 0.29) is 31.8 Å². The van der Waals surface area contributed by atoms with Crippen LogP contribution in [0.1, 0.15) is 41.5 Å². The third-order valence-corrected chi connectivity index (χ3v) is 5.56. The van der Waals surface area contributed by atoms with E-state index in [0.29, 0.717) is 16.6 Å². The third kappa shape index (κ3) is 32.2. The Morgan fingerprint density at radius 3 is 1.52 bits per heavy atom. The first-order valence-corrected chi connectivity index (χ1v) is 17.3. The second-order valence-corrected chi connectivity index (χ2v) is 13.1. The van der Waals surface area contributed by atoms with Gasteiger partial charge in [0.25, 0.3) is 0 Å². The van der Waals surface area contributed by atoms with E-state index in [0.717, 1.165) is 21.3 Å². The molecule has 1 saturated heterocycles. The average Bonchev–Trinajstić information content (AvgIpc) is 4.02. The normalized spacial score (nSPS) is 13.7. The Labute approximate surface area is 347 Å². The number of esters is 4. The lowest BCUT2D eigenvalue weighted by atomic mass is 10.2. The van der Waals surface area contributed by atoms with Crippen LogP contribution in [-0.4, -0.2) is 177 Å². The number of epoxide rings is 1. The Morgan fingerprint density at radius 1 is 0.717 bits per heavy atom. The van der Waals surface area contributed by atoms with Crippen molar-refractivity contribution in [2.75, 3.05) is 67.9 Å². The van der Waals surface area contributed by atoms with Gasteiger partial charge in [0.15, 0.2) is 24.4 Å². The van der Waals surface area contributed by atoms with Gasteiger partial charge in [-0.2, -0.15) is 0 Å². The van der Waals surface area contributed by atoms with E-state index in [4.69, 9.17) is 30.3 Å². The zero-order chi connectivity index (χ0) is 47.2. The summed E-state index contributed by atoms with van der Waals surface area (Å²) >= 11 is 0. The molecular formula is C34H60N6O20. The molecule has 346 valence electrons. The first-order chi connectivity index (χ1) is 27.7. The lowest BCUT2D eigenvalue weighted by Gasteiger charge is -2.26. The average molecular weight is 873 g/mol. The molecule has 1 rings (SSSR count). The maximum absolute atomic E-state index is 11.8. The van der Waals surface area contributed by atoms with Crippen molar-refractivity contribution < 1.29 is 96.3 Å². The highest BCUT2D eigenvalue weighted by Crippen LogP contribution is 2.09. The van der Waals surface area contributed by atoms with E-state index >= 15 is 0 Å². The second-order valence-electron chi connectivity index (χ2n) is 13.1. The van der Waals surface area contributed by atoms with Crippen LogP contribution in [0.15, 0.2) is 25.3 Å². The monoisotopic (exact) mass is 872 g/mol. The molecule has 8 N–H and O–H groups in total. The summed E-state index contributed by atoms with van der Waals surface area (Å²) in [6.45, 7) is 16.1. The number of nitrogens with two attached hydrogens (primary N) is 1. The maximum atomic E-state index is 11.8. The zero-order valence-corrected chi connectivity index (χ0v) is 35.4. The van der Waals surface area contributed by atoms with Crippen LogP contribution >= 0.6 is 0 Å². The number of methoxy groups -OCH3 is 4. The highest BCUT2D eigenvalue weighted by molar-refractivity contribution is 5.78. The van der Waals surface area contributed by atoms with E-state index in [1.54, 1.807) is 41.5 Å². The molecule has 1 aliphatic rings. The van der Waals surface area contributed by atoms with E-state index in [1.807, 2.05) is 0 Å². The first kappa shape index (κ1) is 58.5. The number of amides is 4. The van der Waals surface area contributed by atoms with Gasteiger partial charge in [-0.25, -0.2) is 65.1 Å². The molecule has 0 bridgehead atoms. The van der Waals surface area contributed by atoms with Gasteiger partial charge in [0, 0.05) is 0 Å². The number of ether oxygens (including phenoxy) is 9. The first-order valence-electron chi connectivity index (χ1n) is 17.3. The van der Waals surface area contributed by atoms with Crippen molar-refractivity contribution >= 4 is 48.3 Å². The van der Waals surface area contributed by atoms with Crippen molar-refractivity contribution in [2.45, 2.75) is 77.2 Å². The van der Waals surface area contributed by atoms with Gasteiger partial charge in [-0.1, -0.05) is 25.3 Å². The summed E-state index contributed by atoms with van der Waals surface area (Å²) < 4.78 is 40.9. The van der Waals surface area contributed by atoms with E-state index in [9.17, 15) is 43.5 Å². The SMILES string of the molecule is C=CCOC(=O)N(C[C@@H](O)C(=O)OC)NC(=O)OC(C)(C)C.C=CCOC(=O)N(N)C[C@@H](O)C(=O)OC.COC(=O)[C@H](O)CNNC(=O)OC(C)(C)C.COC(=O)[C@H]1CO1. The fourth-order valence-corrected chi connectivity index (χ4v) is 2.91. The predicted molar refractivity (Wildman–Crippen MR) is 203 cm³/mol. The highest BCUT2D eigenvalue weighted by atomic mass is 16.6. The van der Waals surface area contributed by atoms with Gasteiger partial charge in [0.05, 0.1) is 54.7 Å². The van der Waals surface area contributed by atoms with Crippen molar-refractivity contribution in [3.63, 3.8) is 0 Å². The molecule has 0 saturated carbocycles. The van der Waals surface area contributed by atoms with Gasteiger partial charge in [-0.05, 0) is 41.5 Å². The number of carbonyl (C=O) groups excluding carboxylic acids is 8. The van der Waals surface area contributed by atoms with Gasteiger partial charge in [0.2, 0.25) is 0 Å². The van der Waals surface area contributed by atoms with Crippen LogP contribution in [-0.2, 0) is 61.8 Å². The number of nitrogens with zero attached hydrogens (tertiary/aromatic N) is 2. The predicted octanol–water partition coefficient (Wildman–Crippen LogP) is -1.29. The van der Waals surface area contributed by atoms with Gasteiger partial charge in [-0.3, -0.25) is 5.43 Å². The summed E-state index contributed by atoms with van der Waals surface area (Å²) in [7, 11) is 4.70. The molecule has 0 aromatic heterocycles. The molecule has 4 amide bonds. The molecule has 1 aliphatic heterocycles. The Hall–Kier alpha value is -5.80. The van der Waals surface area contributed by atoms with E-state index < -0.39 is 84.9 Å². The summed E-state index contributed by atoms with van der Waals surface area (Å²) in [6, 6.07) is 0. The summed E-state index contributed by atoms with van der Waals surface area (Å²) in [6.07, 6.45) is -5.53. The van der Waals surface area contributed by atoms with Crippen molar-refractivity contribution in [3.05, 3.63) is 25.3 Å². The molecular weight excluding hydrogens is 812 g/mol. The number of hydrogen-bond donors (Lipinski definition) is 7. The minimum atomic E-state index is -1.66. The van der Waals surface area contributed by atoms with Gasteiger partial charge < -0.3 is 58.0 Å². The van der Waals surface area contributed by atoms with Crippen LogP contribution in [0.2, 0.25) is 0 Å². The molecule has 0 aliphatic carbocycles. The van der Waals surface area contributed by atoms with Crippen molar-refractivity contribution in [1.29, 1.82) is 0 Å². The number of carbonyl (C=O) groups is 8. The third-order valence-electron chi connectivity index (χ3n) is 5.56. The van der Waals surface area contributed by atoms with Crippen LogP contribution in [0.25, 0.3) is 0 Å². The summed E-state index contributed by atoms with van der Waals surface area (Å²) in [5.74, 6) is 2.33. The Morgan fingerprint density at radius 2 is 1.13 bits per heavy atom. The molecule has 0 unspecified atom stereocenters. The molecule has 1 fully saturated rings. The molecule has 60 heavy (non-hydrogen) atoms. The lowest BCUT2D eigenvalue weighted by Crippen LogP contribution is -2.52. The number of aliphatic hydroxyl groups excluding tert-OH is 3. The summed E-state index contributed by atoms with van der Waals surface area (Å²) in [5.41, 5.74) is 5.21. The maximum Gasteiger partial charge on any atom is 0.429 e. The van der Waals surface area contributed by atoms with Gasteiger partial charge in [-0.15, -0.1) is 0 Å². The van der Waals surface area contributed by atoms with Crippen LogP contribution in [0.4, 0.5) is 19.2 Å². The van der Waals surface area contributed by atoms with Crippen molar-refractivity contribution in [3.8, 4) is 0 Å². The van der Waals surface area contributed by atoms with Crippen LogP contribution in [0.5, 0.6) is 0 Å². The van der Waals surface area contributed by atoms with Crippen molar-refractivity contribution in [2.24, 2.45) is 5.84 Å². The molecule has 4 atom stereocenters. The molecule has 26 heteroatoms. The lowest BCUT2D eigenvalue weighted by molar-refractivity contribution is -0.152. The summed E-state index contributed by atoms with van der Waals surface area (Å²) in [4.78, 5) is 88.5. The quantitative estimate of drug-likeness (QED) is 0.0191. The number of hydrazine groups is 3. The van der Waals surface area contributed by atoms with E-state index in [1.165, 1.54) is 19.3 Å². The number of rotatable bonds is 15. The van der Waals surface area contributed by atoms with E-state index in [2.05, 4.69) is 57.9 Å². The second kappa shape index (κ2) is 31.2. The molecule has 0 spiro atoms. The molecule has 26 nitrogen and oxygen atoms in total. The van der Waals surface area contributed by atoms with Crippen molar-refractivity contribution in [1.82, 2.24) is 26.3 Å². The molecule has 0 aromatic carbocycles.